The van der Waals surface area contributed by atoms with Crippen LogP contribution in [0.3, 0.4) is 0 Å². The largest absolute Gasteiger partial charge is 0.279 e. The Morgan fingerprint density at radius 2 is 2.06 bits per heavy atom. The summed E-state index contributed by atoms with van der Waals surface area (Å²) in [6.45, 7) is 3.28. The van der Waals surface area contributed by atoms with Crippen molar-refractivity contribution in [2.24, 2.45) is 11.8 Å². The van der Waals surface area contributed by atoms with Gasteiger partial charge in [0.25, 0.3) is 10.2 Å². The van der Waals surface area contributed by atoms with Crippen LogP contribution in [0.15, 0.2) is 0 Å². The lowest BCUT2D eigenvalue weighted by molar-refractivity contribution is 0.276. The number of piperidine rings is 1. The van der Waals surface area contributed by atoms with Crippen LogP contribution in [0.2, 0.25) is 0 Å². The summed E-state index contributed by atoms with van der Waals surface area (Å²) in [6, 6.07) is 2.01. The van der Waals surface area contributed by atoms with E-state index in [9.17, 15) is 8.42 Å². The minimum Gasteiger partial charge on any atom is -0.198 e. The maximum atomic E-state index is 12.3. The van der Waals surface area contributed by atoms with E-state index in [0.717, 1.165) is 32.1 Å². The number of hydrogen-bond donors (Lipinski definition) is 1. The van der Waals surface area contributed by atoms with Gasteiger partial charge in [0, 0.05) is 19.1 Å². The fourth-order valence-electron chi connectivity index (χ4n) is 2.89. The quantitative estimate of drug-likeness (QED) is 0.839. The van der Waals surface area contributed by atoms with E-state index in [2.05, 4.69) is 17.7 Å². The molecule has 2 fully saturated rings. The monoisotopic (exact) mass is 271 g/mol. The van der Waals surface area contributed by atoms with Crippen molar-refractivity contribution in [2.75, 3.05) is 13.1 Å². The zero-order valence-corrected chi connectivity index (χ0v) is 11.6. The summed E-state index contributed by atoms with van der Waals surface area (Å²) in [5.41, 5.74) is 0. The molecule has 0 aromatic carbocycles. The van der Waals surface area contributed by atoms with E-state index in [1.165, 1.54) is 4.31 Å². The normalized spacial score (nSPS) is 34.3. The summed E-state index contributed by atoms with van der Waals surface area (Å²) in [7, 11) is -3.41. The molecular formula is C12H21N3O2S. The van der Waals surface area contributed by atoms with Gasteiger partial charge in [0.1, 0.15) is 0 Å². The molecule has 1 N–H and O–H groups in total. The highest BCUT2D eigenvalue weighted by atomic mass is 32.2. The summed E-state index contributed by atoms with van der Waals surface area (Å²) < 4.78 is 28.8. The highest BCUT2D eigenvalue weighted by molar-refractivity contribution is 7.87. The molecule has 5 nitrogen and oxygen atoms in total. The zero-order chi connectivity index (χ0) is 13.2. The Kier molecular flexibility index (Phi) is 4.25. The summed E-state index contributed by atoms with van der Waals surface area (Å²) in [5.74, 6) is 0.257. The SMILES string of the molecule is CC1CCCN(S(=O)(=O)NC2CCCC2C#N)C1. The van der Waals surface area contributed by atoms with Gasteiger partial charge >= 0.3 is 0 Å². The van der Waals surface area contributed by atoms with E-state index < -0.39 is 10.2 Å². The molecule has 1 saturated heterocycles. The van der Waals surface area contributed by atoms with Crippen LogP contribution < -0.4 is 4.72 Å². The molecule has 18 heavy (non-hydrogen) atoms. The van der Waals surface area contributed by atoms with Crippen molar-refractivity contribution in [3.05, 3.63) is 0 Å². The lowest BCUT2D eigenvalue weighted by Gasteiger charge is -2.31. The van der Waals surface area contributed by atoms with Gasteiger partial charge in [-0.05, 0) is 31.6 Å². The molecule has 3 atom stereocenters. The van der Waals surface area contributed by atoms with Crippen LogP contribution in [0.25, 0.3) is 0 Å². The highest BCUT2D eigenvalue weighted by Gasteiger charge is 2.34. The summed E-state index contributed by atoms with van der Waals surface area (Å²) in [5, 5.41) is 8.99. The molecule has 1 aliphatic carbocycles. The van der Waals surface area contributed by atoms with Crippen LogP contribution >= 0.6 is 0 Å². The Morgan fingerprint density at radius 3 is 2.72 bits per heavy atom. The maximum Gasteiger partial charge on any atom is 0.279 e. The summed E-state index contributed by atoms with van der Waals surface area (Å²) in [6.07, 6.45) is 4.54. The zero-order valence-electron chi connectivity index (χ0n) is 10.8. The fraction of sp³-hybridized carbons (Fsp3) is 0.917. The number of nitrogens with one attached hydrogen (secondary N) is 1. The number of nitrogens with zero attached hydrogens (tertiary/aromatic N) is 2. The first-order chi connectivity index (χ1) is 8.53. The van der Waals surface area contributed by atoms with E-state index in [-0.39, 0.29) is 12.0 Å². The van der Waals surface area contributed by atoms with Crippen LogP contribution in [0.1, 0.15) is 39.0 Å². The lowest BCUT2D eigenvalue weighted by Crippen LogP contribution is -2.49. The number of rotatable bonds is 3. The molecule has 2 rings (SSSR count). The first kappa shape index (κ1) is 13.8. The first-order valence-electron chi connectivity index (χ1n) is 6.70. The average molecular weight is 271 g/mol. The van der Waals surface area contributed by atoms with Crippen molar-refractivity contribution >= 4 is 10.2 Å². The number of hydrogen-bond acceptors (Lipinski definition) is 3. The van der Waals surface area contributed by atoms with Gasteiger partial charge in [0.15, 0.2) is 0 Å². The molecule has 0 amide bonds. The lowest BCUT2D eigenvalue weighted by atomic mass is 10.0. The Labute approximate surface area is 109 Å². The standard InChI is InChI=1S/C12H21N3O2S/c1-10-4-3-7-15(9-10)18(16,17)14-12-6-2-5-11(12)8-13/h10-12,14H,2-7,9H2,1H3. The molecule has 3 unspecified atom stereocenters. The van der Waals surface area contributed by atoms with Gasteiger partial charge < -0.3 is 0 Å². The van der Waals surface area contributed by atoms with Gasteiger partial charge in [-0.1, -0.05) is 13.3 Å². The van der Waals surface area contributed by atoms with E-state index in [1.54, 1.807) is 0 Å². The smallest absolute Gasteiger partial charge is 0.198 e. The van der Waals surface area contributed by atoms with Gasteiger partial charge in [-0.2, -0.15) is 22.7 Å². The Hall–Kier alpha value is -0.640. The minimum atomic E-state index is -3.41. The van der Waals surface area contributed by atoms with Crippen molar-refractivity contribution in [3.8, 4) is 6.07 Å². The average Bonchev–Trinajstić information content (AvgIpc) is 2.75. The minimum absolute atomic E-state index is 0.165. The second-order valence-electron chi connectivity index (χ2n) is 5.50. The predicted octanol–water partition coefficient (Wildman–Crippen LogP) is 1.24. The van der Waals surface area contributed by atoms with E-state index in [0.29, 0.717) is 19.0 Å². The van der Waals surface area contributed by atoms with Gasteiger partial charge in [-0.25, -0.2) is 0 Å². The molecule has 0 aromatic heterocycles. The van der Waals surface area contributed by atoms with Gasteiger partial charge in [0.2, 0.25) is 0 Å². The molecular weight excluding hydrogens is 250 g/mol. The molecule has 1 aliphatic heterocycles. The van der Waals surface area contributed by atoms with Crippen molar-refractivity contribution in [3.63, 3.8) is 0 Å². The second-order valence-corrected chi connectivity index (χ2v) is 7.20. The van der Waals surface area contributed by atoms with Gasteiger partial charge in [-0.3, -0.25) is 0 Å². The maximum absolute atomic E-state index is 12.3. The van der Waals surface area contributed by atoms with E-state index >= 15 is 0 Å². The van der Waals surface area contributed by atoms with Crippen molar-refractivity contribution in [1.29, 1.82) is 5.26 Å². The Balaban J connectivity index is 2.01. The molecule has 102 valence electrons. The predicted molar refractivity (Wildman–Crippen MR) is 68.8 cm³/mol. The molecule has 6 heteroatoms. The van der Waals surface area contributed by atoms with Crippen molar-refractivity contribution in [1.82, 2.24) is 9.03 Å². The molecule has 0 radical (unpaired) electrons. The van der Waals surface area contributed by atoms with Crippen LogP contribution in [-0.4, -0.2) is 31.9 Å². The third-order valence-corrected chi connectivity index (χ3v) is 5.55. The second kappa shape index (κ2) is 5.55. The van der Waals surface area contributed by atoms with Crippen LogP contribution in [-0.2, 0) is 10.2 Å². The van der Waals surface area contributed by atoms with Crippen LogP contribution in [0.4, 0.5) is 0 Å². The summed E-state index contributed by atoms with van der Waals surface area (Å²) in [4.78, 5) is 0. The topological polar surface area (TPSA) is 73.2 Å². The van der Waals surface area contributed by atoms with Crippen LogP contribution in [0.5, 0.6) is 0 Å². The number of nitriles is 1. The van der Waals surface area contributed by atoms with E-state index in [4.69, 9.17) is 5.26 Å². The van der Waals surface area contributed by atoms with Crippen molar-refractivity contribution < 1.29 is 8.42 Å². The molecule has 0 aromatic rings. The van der Waals surface area contributed by atoms with Crippen LogP contribution in [0, 0.1) is 23.2 Å². The Bertz CT molecular complexity index is 429. The first-order valence-corrected chi connectivity index (χ1v) is 8.14. The molecule has 0 bridgehead atoms. The Morgan fingerprint density at radius 1 is 1.28 bits per heavy atom. The van der Waals surface area contributed by atoms with Gasteiger partial charge in [-0.15, -0.1) is 0 Å². The summed E-state index contributed by atoms with van der Waals surface area (Å²) >= 11 is 0. The molecule has 1 saturated carbocycles. The molecule has 1 heterocycles. The third-order valence-electron chi connectivity index (χ3n) is 3.94. The van der Waals surface area contributed by atoms with E-state index in [1.807, 2.05) is 0 Å². The molecule has 2 aliphatic rings. The van der Waals surface area contributed by atoms with Crippen molar-refractivity contribution in [2.45, 2.75) is 45.1 Å². The van der Waals surface area contributed by atoms with Gasteiger partial charge in [0.05, 0.1) is 12.0 Å². The highest BCUT2D eigenvalue weighted by Crippen LogP contribution is 2.26. The third kappa shape index (κ3) is 3.02. The fourth-order valence-corrected chi connectivity index (χ4v) is 4.52. The molecule has 0 spiro atoms.